The minimum Gasteiger partial charge on any atom is -0.487 e. The third-order valence-corrected chi connectivity index (χ3v) is 7.97. The summed E-state index contributed by atoms with van der Waals surface area (Å²) in [5, 5.41) is 0. The lowest BCUT2D eigenvalue weighted by molar-refractivity contribution is 0.0381. The van der Waals surface area contributed by atoms with Gasteiger partial charge in [-0.25, -0.2) is 13.2 Å². The smallest absolute Gasteiger partial charge is 0.424 e. The van der Waals surface area contributed by atoms with Gasteiger partial charge in [0.25, 0.3) is 10.0 Å². The van der Waals surface area contributed by atoms with Crippen molar-refractivity contribution in [1.29, 1.82) is 0 Å². The van der Waals surface area contributed by atoms with Gasteiger partial charge in [0.15, 0.2) is 0 Å². The van der Waals surface area contributed by atoms with Crippen molar-refractivity contribution in [2.45, 2.75) is 90.9 Å². The quantitative estimate of drug-likeness (QED) is 0.558. The first kappa shape index (κ1) is 25.1. The van der Waals surface area contributed by atoms with Crippen LogP contribution in [-0.4, -0.2) is 30.0 Å². The maximum absolute atomic E-state index is 14.1. The normalized spacial score (nSPS) is 15.4. The summed E-state index contributed by atoms with van der Waals surface area (Å²) in [6.45, 7) is 14.6. The first-order valence-corrected chi connectivity index (χ1v) is 12.7. The molecule has 0 radical (unpaired) electrons. The number of rotatable bonds is 4. The van der Waals surface area contributed by atoms with E-state index in [1.165, 1.54) is 0 Å². The molecule has 0 aromatic heterocycles. The second-order valence-electron chi connectivity index (χ2n) is 10.4. The largest absolute Gasteiger partial charge is 0.487 e. The Hall–Kier alpha value is -2.54. The predicted octanol–water partition coefficient (Wildman–Crippen LogP) is 5.84. The fraction of sp³-hybridized carbons (Fsp3) is 0.500. The van der Waals surface area contributed by atoms with Crippen LogP contribution in [-0.2, 0) is 27.7 Å². The van der Waals surface area contributed by atoms with E-state index in [1.54, 1.807) is 46.8 Å². The molecule has 1 heterocycles. The summed E-state index contributed by atoms with van der Waals surface area (Å²) in [4.78, 5) is 13.3. The van der Waals surface area contributed by atoms with E-state index in [9.17, 15) is 13.2 Å². The monoisotopic (exact) mass is 473 g/mol. The lowest BCUT2D eigenvalue weighted by Gasteiger charge is -2.36. The van der Waals surface area contributed by atoms with E-state index in [0.29, 0.717) is 23.1 Å². The van der Waals surface area contributed by atoms with Crippen molar-refractivity contribution in [3.8, 4) is 5.75 Å². The molecule has 0 unspecified atom stereocenters. The molecule has 0 atom stereocenters. The topological polar surface area (TPSA) is 72.9 Å². The van der Waals surface area contributed by atoms with Crippen LogP contribution >= 0.6 is 0 Å². The molecule has 0 N–H and O–H groups in total. The summed E-state index contributed by atoms with van der Waals surface area (Å²) in [5.74, 6) is 0.757. The average Bonchev–Trinajstić information content (AvgIpc) is 2.69. The fourth-order valence-electron chi connectivity index (χ4n) is 4.15. The Balaban J connectivity index is 2.17. The number of carbonyl (C=O) groups excluding carboxylic acids is 1. The number of fused-ring (bicyclic) bond motifs is 1. The highest BCUT2D eigenvalue weighted by atomic mass is 32.2. The lowest BCUT2D eigenvalue weighted by Crippen LogP contribution is -2.41. The first-order valence-electron chi connectivity index (χ1n) is 11.3. The van der Waals surface area contributed by atoms with Crippen molar-refractivity contribution < 1.29 is 22.7 Å². The predicted molar refractivity (Wildman–Crippen MR) is 129 cm³/mol. The van der Waals surface area contributed by atoms with E-state index in [2.05, 4.69) is 0 Å². The summed E-state index contributed by atoms with van der Waals surface area (Å²) in [6.07, 6.45) is 0.601. The average molecular weight is 474 g/mol. The summed E-state index contributed by atoms with van der Waals surface area (Å²) >= 11 is 0. The molecule has 2 aromatic carbocycles. The van der Waals surface area contributed by atoms with Crippen molar-refractivity contribution in [3.05, 3.63) is 58.1 Å². The molecule has 1 aliphatic heterocycles. The van der Waals surface area contributed by atoms with Gasteiger partial charge in [-0.2, -0.15) is 4.31 Å². The van der Waals surface area contributed by atoms with Gasteiger partial charge in [0.05, 0.1) is 11.4 Å². The van der Waals surface area contributed by atoms with Gasteiger partial charge < -0.3 is 9.47 Å². The Labute approximate surface area is 198 Å². The van der Waals surface area contributed by atoms with Gasteiger partial charge >= 0.3 is 6.09 Å². The molecular formula is C26H35NO5S. The number of nitrogens with zero attached hydrogens (tertiary/aromatic N) is 1. The minimum atomic E-state index is -4.21. The third kappa shape index (κ3) is 5.18. The van der Waals surface area contributed by atoms with E-state index in [-0.39, 0.29) is 17.0 Å². The van der Waals surface area contributed by atoms with Crippen molar-refractivity contribution >= 4 is 16.1 Å². The number of hydrogen-bond acceptors (Lipinski definition) is 5. The van der Waals surface area contributed by atoms with Crippen LogP contribution < -0.4 is 4.74 Å². The molecule has 2 aromatic rings. The van der Waals surface area contributed by atoms with Crippen LogP contribution in [0.1, 0.15) is 68.9 Å². The number of benzene rings is 2. The number of carbonyl (C=O) groups is 1. The molecule has 0 fully saturated rings. The first-order chi connectivity index (χ1) is 15.1. The minimum absolute atomic E-state index is 0.114. The van der Waals surface area contributed by atoms with Gasteiger partial charge in [-0.3, -0.25) is 0 Å². The number of hydrogen-bond donors (Lipinski definition) is 0. The molecule has 33 heavy (non-hydrogen) atoms. The van der Waals surface area contributed by atoms with Crippen LogP contribution in [0.4, 0.5) is 4.79 Å². The Morgan fingerprint density at radius 2 is 1.67 bits per heavy atom. The lowest BCUT2D eigenvalue weighted by atomic mass is 9.88. The second-order valence-corrected chi connectivity index (χ2v) is 12.2. The van der Waals surface area contributed by atoms with Gasteiger partial charge in [0.2, 0.25) is 0 Å². The molecule has 3 rings (SSSR count). The molecule has 0 saturated carbocycles. The van der Waals surface area contributed by atoms with E-state index in [0.717, 1.165) is 27.6 Å². The van der Waals surface area contributed by atoms with E-state index >= 15 is 0 Å². The van der Waals surface area contributed by atoms with Crippen LogP contribution in [0, 0.1) is 20.8 Å². The van der Waals surface area contributed by atoms with Gasteiger partial charge in [0.1, 0.15) is 17.0 Å². The Morgan fingerprint density at radius 3 is 2.24 bits per heavy atom. The SMILES string of the molecule is Cc1c(C)c(S(=O)(=O)N(Cc2ccccc2)C(=O)OC(C)(C)C)c(C)c2c1OC(C)(C)CC2. The van der Waals surface area contributed by atoms with Crippen LogP contribution in [0.3, 0.4) is 0 Å². The van der Waals surface area contributed by atoms with Crippen LogP contribution in [0.15, 0.2) is 35.2 Å². The molecule has 7 heteroatoms. The highest BCUT2D eigenvalue weighted by Gasteiger charge is 2.39. The van der Waals surface area contributed by atoms with Crippen molar-refractivity contribution in [1.82, 2.24) is 4.31 Å². The van der Waals surface area contributed by atoms with Gasteiger partial charge in [0, 0.05) is 0 Å². The maximum Gasteiger partial charge on any atom is 0.424 e. The molecule has 0 bridgehead atoms. The number of amides is 1. The van der Waals surface area contributed by atoms with Crippen molar-refractivity contribution in [2.24, 2.45) is 0 Å². The standard InChI is InChI=1S/C26H35NO5S/c1-17-18(2)23(19(3)21-14-15-26(7,8)31-22(17)21)33(29,30)27(24(28)32-25(4,5)6)16-20-12-10-9-11-13-20/h9-13H,14-16H2,1-8H3. The van der Waals surface area contributed by atoms with Gasteiger partial charge in [-0.05, 0) is 96.0 Å². The molecule has 0 saturated heterocycles. The summed E-state index contributed by atoms with van der Waals surface area (Å²) < 4.78 is 40.7. The zero-order valence-electron chi connectivity index (χ0n) is 20.9. The second kappa shape index (κ2) is 8.67. The van der Waals surface area contributed by atoms with E-state index in [4.69, 9.17) is 9.47 Å². The van der Waals surface area contributed by atoms with E-state index in [1.807, 2.05) is 39.0 Å². The van der Waals surface area contributed by atoms with Gasteiger partial charge in [-0.1, -0.05) is 30.3 Å². The van der Waals surface area contributed by atoms with Crippen molar-refractivity contribution in [3.63, 3.8) is 0 Å². The van der Waals surface area contributed by atoms with Crippen LogP contribution in [0.2, 0.25) is 0 Å². The van der Waals surface area contributed by atoms with Gasteiger partial charge in [-0.15, -0.1) is 0 Å². The zero-order chi connectivity index (χ0) is 24.8. The molecular weight excluding hydrogens is 438 g/mol. The summed E-state index contributed by atoms with van der Waals surface area (Å²) in [7, 11) is -4.21. The number of ether oxygens (including phenoxy) is 2. The maximum atomic E-state index is 14.1. The molecule has 180 valence electrons. The highest BCUT2D eigenvalue weighted by Crippen LogP contribution is 2.43. The molecule has 6 nitrogen and oxygen atoms in total. The molecule has 1 amide bonds. The highest BCUT2D eigenvalue weighted by molar-refractivity contribution is 7.89. The zero-order valence-corrected chi connectivity index (χ0v) is 21.7. The van der Waals surface area contributed by atoms with Crippen LogP contribution in [0.5, 0.6) is 5.75 Å². The Bertz CT molecular complexity index is 1160. The Kier molecular flexibility index (Phi) is 6.59. The summed E-state index contributed by atoms with van der Waals surface area (Å²) in [6, 6.07) is 9.06. The van der Waals surface area contributed by atoms with Crippen LogP contribution in [0.25, 0.3) is 0 Å². The Morgan fingerprint density at radius 1 is 1.06 bits per heavy atom. The molecule has 0 aliphatic carbocycles. The molecule has 0 spiro atoms. The third-order valence-electron chi connectivity index (χ3n) is 5.98. The fourth-order valence-corrected chi connectivity index (χ4v) is 5.98. The van der Waals surface area contributed by atoms with E-state index < -0.39 is 21.7 Å². The van der Waals surface area contributed by atoms with Crippen molar-refractivity contribution in [2.75, 3.05) is 0 Å². The summed E-state index contributed by atoms with van der Waals surface area (Å²) in [5.41, 5.74) is 2.44. The molecule has 1 aliphatic rings. The number of sulfonamides is 1.